The molecule has 3 aromatic carbocycles. The lowest BCUT2D eigenvalue weighted by Gasteiger charge is -2.29. The lowest BCUT2D eigenvalue weighted by Crippen LogP contribution is -2.33. The highest BCUT2D eigenvalue weighted by Crippen LogP contribution is 2.39. The number of fused-ring (bicyclic) bond motifs is 1. The number of rotatable bonds is 12. The summed E-state index contributed by atoms with van der Waals surface area (Å²) in [4.78, 5) is 24.9. The third kappa shape index (κ3) is 7.50. The van der Waals surface area contributed by atoms with E-state index in [4.69, 9.17) is 26.3 Å². The van der Waals surface area contributed by atoms with Crippen molar-refractivity contribution in [2.24, 2.45) is 11.8 Å². The van der Waals surface area contributed by atoms with E-state index in [9.17, 15) is 13.2 Å². The summed E-state index contributed by atoms with van der Waals surface area (Å²) in [6, 6.07) is 24.3. The number of hydrogen-bond donors (Lipinski definition) is 2. The number of ether oxygens (including phenoxy) is 1. The summed E-state index contributed by atoms with van der Waals surface area (Å²) >= 11 is 6.23. The molecule has 0 amide bonds. The van der Waals surface area contributed by atoms with Crippen molar-refractivity contribution in [1.82, 2.24) is 19.3 Å². The highest BCUT2D eigenvalue weighted by molar-refractivity contribution is 7.89. The summed E-state index contributed by atoms with van der Waals surface area (Å²) in [5, 5.41) is 4.98. The number of carbonyl (C=O) groups excluding carboxylic acids is 1. The Bertz CT molecular complexity index is 2080. The number of sulfonamides is 1. The zero-order chi connectivity index (χ0) is 35.4. The molecule has 5 aromatic rings. The van der Waals surface area contributed by atoms with E-state index >= 15 is 0 Å². The highest BCUT2D eigenvalue weighted by atomic mass is 35.5. The molecule has 0 aliphatic heterocycles. The van der Waals surface area contributed by atoms with Crippen molar-refractivity contribution in [3.8, 4) is 16.9 Å². The quantitative estimate of drug-likeness (QED) is 0.128. The number of halogens is 1. The molecule has 1 aliphatic carbocycles. The number of aromatic nitrogens is 3. The van der Waals surface area contributed by atoms with Gasteiger partial charge in [0, 0.05) is 54.5 Å². The summed E-state index contributed by atoms with van der Waals surface area (Å²) in [6.45, 7) is 4.57. The number of nitrogens with one attached hydrogen (secondary N) is 2. The van der Waals surface area contributed by atoms with Crippen LogP contribution in [0, 0.1) is 18.8 Å². The zero-order valence-corrected chi connectivity index (χ0v) is 30.4. The Morgan fingerprint density at radius 2 is 1.56 bits per heavy atom. The molecule has 10 nitrogen and oxygen atoms in total. The van der Waals surface area contributed by atoms with Gasteiger partial charge in [-0.25, -0.2) is 22.9 Å². The molecule has 50 heavy (non-hydrogen) atoms. The third-order valence-electron chi connectivity index (χ3n) is 9.33. The average Bonchev–Trinajstić information content (AvgIpc) is 3.44. The van der Waals surface area contributed by atoms with Crippen LogP contribution in [0.25, 0.3) is 27.8 Å². The summed E-state index contributed by atoms with van der Waals surface area (Å²) in [5.74, 6) is 1.36. The molecule has 12 heteroatoms. The van der Waals surface area contributed by atoms with Gasteiger partial charge < -0.3 is 19.5 Å². The van der Waals surface area contributed by atoms with Crippen LogP contribution in [0.15, 0.2) is 83.8 Å². The van der Waals surface area contributed by atoms with Crippen LogP contribution < -0.4 is 14.9 Å². The van der Waals surface area contributed by atoms with Gasteiger partial charge in [-0.15, -0.1) is 0 Å². The van der Waals surface area contributed by atoms with Crippen LogP contribution in [0.3, 0.4) is 0 Å². The van der Waals surface area contributed by atoms with Crippen molar-refractivity contribution >= 4 is 50.3 Å². The fraction of sp³-hybridized carbons (Fsp3) is 0.342. The van der Waals surface area contributed by atoms with E-state index in [0.717, 1.165) is 54.6 Å². The van der Waals surface area contributed by atoms with Crippen molar-refractivity contribution in [1.29, 1.82) is 0 Å². The number of nitrogens with zero attached hydrogens (tertiary/aromatic N) is 4. The second-order valence-electron chi connectivity index (χ2n) is 12.9. The number of carbonyl (C=O) groups is 1. The fourth-order valence-electron chi connectivity index (χ4n) is 6.79. The van der Waals surface area contributed by atoms with E-state index < -0.39 is 16.0 Å². The molecule has 2 heterocycles. The minimum Gasteiger partial charge on any atom is -0.462 e. The van der Waals surface area contributed by atoms with Gasteiger partial charge in [-0.05, 0) is 87.8 Å². The molecule has 1 saturated carbocycles. The fourth-order valence-corrected chi connectivity index (χ4v) is 8.48. The second-order valence-corrected chi connectivity index (χ2v) is 15.1. The van der Waals surface area contributed by atoms with Crippen LogP contribution in [-0.4, -0.2) is 62.7 Å². The molecule has 1 aliphatic rings. The molecule has 0 radical (unpaired) electrons. The molecule has 2 N–H and O–H groups in total. The van der Waals surface area contributed by atoms with E-state index in [1.165, 1.54) is 0 Å². The van der Waals surface area contributed by atoms with Gasteiger partial charge in [-0.2, -0.15) is 4.98 Å². The van der Waals surface area contributed by atoms with Gasteiger partial charge in [0.05, 0.1) is 17.8 Å². The van der Waals surface area contributed by atoms with E-state index in [2.05, 4.69) is 10.0 Å². The zero-order valence-electron chi connectivity index (χ0n) is 28.8. The normalized spacial score (nSPS) is 16.3. The topological polar surface area (TPSA) is 118 Å². The largest absolute Gasteiger partial charge is 0.462 e. The maximum absolute atomic E-state index is 14.4. The molecule has 2 aromatic heterocycles. The van der Waals surface area contributed by atoms with E-state index in [-0.39, 0.29) is 29.5 Å². The van der Waals surface area contributed by atoms with Crippen LogP contribution in [0.4, 0.5) is 11.8 Å². The maximum atomic E-state index is 14.4. The Kier molecular flexibility index (Phi) is 10.8. The number of para-hydroxylation sites is 2. The highest BCUT2D eigenvalue weighted by Gasteiger charge is 2.36. The van der Waals surface area contributed by atoms with Crippen LogP contribution in [0.1, 0.15) is 48.7 Å². The Hall–Kier alpha value is -4.45. The minimum absolute atomic E-state index is 0.0243. The molecule has 0 bridgehead atoms. The Labute approximate surface area is 298 Å². The van der Waals surface area contributed by atoms with Crippen LogP contribution in [-0.2, 0) is 14.8 Å². The van der Waals surface area contributed by atoms with Gasteiger partial charge in [-0.1, -0.05) is 54.1 Å². The van der Waals surface area contributed by atoms with Gasteiger partial charge in [0.1, 0.15) is 16.3 Å². The smallest absolute Gasteiger partial charge is 0.341 e. The van der Waals surface area contributed by atoms with Gasteiger partial charge >= 0.3 is 5.97 Å². The number of anilines is 2. The van der Waals surface area contributed by atoms with E-state index in [1.807, 2.05) is 78.2 Å². The van der Waals surface area contributed by atoms with Gasteiger partial charge in [-0.3, -0.25) is 0 Å². The molecular formula is C38H43ClN6O4S. The third-order valence-corrected chi connectivity index (χ3v) is 11.1. The van der Waals surface area contributed by atoms with Gasteiger partial charge in [0.15, 0.2) is 0 Å². The molecule has 0 spiro atoms. The molecular weight excluding hydrogens is 672 g/mol. The number of benzene rings is 3. The molecule has 0 atom stereocenters. The lowest BCUT2D eigenvalue weighted by molar-refractivity contribution is 0.0521. The SMILES string of the molecule is CCOC(=O)c1c(S(=O)(=O)NC[C@H]2CC[C@H](CNc3nc(N(C)C)c4ccccc4n3)CC2)c(-c2ccc(Cl)cc2)n(-c2ccccc2)c1C. The standard InChI is InChI=1S/C38H43ClN6O4S/c1-5-49-37(46)33-25(2)45(30-11-7-6-8-12-30)34(28-19-21-29(39)22-20-28)35(33)50(47,48)41-24-27-17-15-26(16-18-27)23-40-38-42-32-14-10-9-13-31(32)36(43-38)44(3)4/h6-14,19-22,26-27,41H,5,15-18,23-24H2,1-4H3,(H,40,42,43)/t26-,27-. The molecule has 6 rings (SSSR count). The van der Waals surface area contributed by atoms with Crippen molar-refractivity contribution in [3.63, 3.8) is 0 Å². The Morgan fingerprint density at radius 3 is 2.22 bits per heavy atom. The van der Waals surface area contributed by atoms with Crippen LogP contribution in [0.5, 0.6) is 0 Å². The van der Waals surface area contributed by atoms with E-state index in [1.54, 1.807) is 38.1 Å². The summed E-state index contributed by atoms with van der Waals surface area (Å²) < 4.78 is 38.9. The first-order chi connectivity index (χ1) is 24.1. The lowest BCUT2D eigenvalue weighted by atomic mass is 9.82. The monoisotopic (exact) mass is 714 g/mol. The molecule has 262 valence electrons. The maximum Gasteiger partial charge on any atom is 0.341 e. The Morgan fingerprint density at radius 1 is 0.920 bits per heavy atom. The summed E-state index contributed by atoms with van der Waals surface area (Å²) in [6.07, 6.45) is 3.63. The second kappa shape index (κ2) is 15.2. The summed E-state index contributed by atoms with van der Waals surface area (Å²) in [7, 11) is -0.226. The minimum atomic E-state index is -4.18. The Balaban J connectivity index is 1.20. The first kappa shape index (κ1) is 35.4. The average molecular weight is 715 g/mol. The molecule has 1 fully saturated rings. The predicted molar refractivity (Wildman–Crippen MR) is 200 cm³/mol. The van der Waals surface area contributed by atoms with Crippen molar-refractivity contribution in [3.05, 3.63) is 95.1 Å². The van der Waals surface area contributed by atoms with Crippen LogP contribution in [0.2, 0.25) is 5.02 Å². The summed E-state index contributed by atoms with van der Waals surface area (Å²) in [5.41, 5.74) is 3.10. The van der Waals surface area contributed by atoms with Crippen molar-refractivity contribution in [2.45, 2.75) is 44.4 Å². The number of hydrogen-bond acceptors (Lipinski definition) is 8. The number of esters is 1. The van der Waals surface area contributed by atoms with E-state index in [0.29, 0.717) is 33.8 Å². The first-order valence-electron chi connectivity index (χ1n) is 17.0. The van der Waals surface area contributed by atoms with Gasteiger partial charge in [0.2, 0.25) is 16.0 Å². The van der Waals surface area contributed by atoms with Crippen LogP contribution >= 0.6 is 11.6 Å². The van der Waals surface area contributed by atoms with Crippen molar-refractivity contribution in [2.75, 3.05) is 44.0 Å². The van der Waals surface area contributed by atoms with Crippen molar-refractivity contribution < 1.29 is 17.9 Å². The molecule has 0 saturated heterocycles. The predicted octanol–water partition coefficient (Wildman–Crippen LogP) is 7.49. The molecule has 0 unspecified atom stereocenters. The first-order valence-corrected chi connectivity index (χ1v) is 18.8. The van der Waals surface area contributed by atoms with Gasteiger partial charge in [0.25, 0.3) is 0 Å².